The number of hydrogen-bond donors (Lipinski definition) is 0. The molecule has 1 amide bonds. The lowest BCUT2D eigenvalue weighted by atomic mass is 10.0. The van der Waals surface area contributed by atoms with Gasteiger partial charge in [0.05, 0.1) is 23.5 Å². The van der Waals surface area contributed by atoms with Crippen molar-refractivity contribution in [1.82, 2.24) is 24.5 Å². The van der Waals surface area contributed by atoms with Gasteiger partial charge in [-0.25, -0.2) is 0 Å². The molecule has 0 N–H and O–H groups in total. The van der Waals surface area contributed by atoms with Gasteiger partial charge in [0.25, 0.3) is 5.91 Å². The number of hydrogen-bond acceptors (Lipinski definition) is 3. The highest BCUT2D eigenvalue weighted by Gasteiger charge is 2.36. The summed E-state index contributed by atoms with van der Waals surface area (Å²) in [6.45, 7) is 3.83. The summed E-state index contributed by atoms with van der Waals surface area (Å²) < 4.78 is 41.8. The van der Waals surface area contributed by atoms with Gasteiger partial charge in [-0.15, -0.1) is 0 Å². The van der Waals surface area contributed by atoms with E-state index in [-0.39, 0.29) is 11.9 Å². The lowest BCUT2D eigenvalue weighted by molar-refractivity contribution is -0.141. The van der Waals surface area contributed by atoms with Gasteiger partial charge in [0.2, 0.25) is 0 Å². The maximum atomic E-state index is 13.2. The van der Waals surface area contributed by atoms with Crippen molar-refractivity contribution in [2.75, 3.05) is 13.1 Å². The third kappa shape index (κ3) is 3.66. The number of aryl methyl sites for hydroxylation is 1. The van der Waals surface area contributed by atoms with Crippen LogP contribution in [-0.4, -0.2) is 43.5 Å². The number of alkyl halides is 3. The predicted octanol–water partition coefficient (Wildman–Crippen LogP) is 3.86. The van der Waals surface area contributed by atoms with Crippen LogP contribution in [0.4, 0.5) is 13.2 Å². The Morgan fingerprint density at radius 1 is 1.29 bits per heavy atom. The molecular weight excluding hydrogens is 371 g/mol. The Morgan fingerprint density at radius 2 is 2.07 bits per heavy atom. The first-order valence-electron chi connectivity index (χ1n) is 9.85. The third-order valence-corrected chi connectivity index (χ3v) is 5.47. The van der Waals surface area contributed by atoms with Gasteiger partial charge in [0.1, 0.15) is 0 Å². The molecule has 2 aromatic heterocycles. The van der Waals surface area contributed by atoms with Gasteiger partial charge in [0.15, 0.2) is 5.69 Å². The smallest absolute Gasteiger partial charge is 0.336 e. The van der Waals surface area contributed by atoms with E-state index in [0.717, 1.165) is 44.0 Å². The molecule has 1 saturated heterocycles. The van der Waals surface area contributed by atoms with Crippen LogP contribution >= 0.6 is 0 Å². The zero-order valence-electron chi connectivity index (χ0n) is 15.8. The molecule has 0 spiro atoms. The van der Waals surface area contributed by atoms with Gasteiger partial charge in [0, 0.05) is 31.7 Å². The molecule has 6 nitrogen and oxygen atoms in total. The molecule has 1 aliphatic carbocycles. The van der Waals surface area contributed by atoms with Crippen LogP contribution in [0.1, 0.15) is 72.7 Å². The summed E-state index contributed by atoms with van der Waals surface area (Å²) in [7, 11) is 0. The Labute approximate surface area is 161 Å². The number of rotatable bonds is 5. The van der Waals surface area contributed by atoms with Gasteiger partial charge in [-0.2, -0.15) is 23.4 Å². The topological polar surface area (TPSA) is 56.0 Å². The number of piperidine rings is 1. The molecule has 1 saturated carbocycles. The molecule has 3 heterocycles. The average Bonchev–Trinajstić information content (AvgIpc) is 3.21. The molecule has 1 aliphatic heterocycles. The Kier molecular flexibility index (Phi) is 4.93. The van der Waals surface area contributed by atoms with Crippen molar-refractivity contribution in [1.29, 1.82) is 0 Å². The normalized spacial score (nSPS) is 20.6. The summed E-state index contributed by atoms with van der Waals surface area (Å²) in [6.07, 6.45) is 3.09. The summed E-state index contributed by atoms with van der Waals surface area (Å²) >= 11 is 0. The lowest BCUT2D eigenvalue weighted by Gasteiger charge is -2.33. The fourth-order valence-electron chi connectivity index (χ4n) is 3.96. The molecule has 28 heavy (non-hydrogen) atoms. The van der Waals surface area contributed by atoms with Crippen molar-refractivity contribution < 1.29 is 18.0 Å². The Bertz CT molecular complexity index is 852. The van der Waals surface area contributed by atoms with E-state index >= 15 is 0 Å². The quantitative estimate of drug-likeness (QED) is 0.772. The average molecular weight is 395 g/mol. The summed E-state index contributed by atoms with van der Waals surface area (Å²) in [5.74, 6) is 0.325. The van der Waals surface area contributed by atoms with E-state index in [9.17, 15) is 18.0 Å². The predicted molar refractivity (Wildman–Crippen MR) is 95.9 cm³/mol. The maximum absolute atomic E-state index is 13.2. The highest BCUT2D eigenvalue weighted by Crippen LogP contribution is 2.42. The van der Waals surface area contributed by atoms with Crippen molar-refractivity contribution in [3.63, 3.8) is 0 Å². The van der Waals surface area contributed by atoms with Crippen molar-refractivity contribution in [2.24, 2.45) is 0 Å². The van der Waals surface area contributed by atoms with Gasteiger partial charge in [-0.05, 0) is 38.2 Å². The van der Waals surface area contributed by atoms with E-state index in [1.165, 1.54) is 10.9 Å². The Morgan fingerprint density at radius 3 is 2.71 bits per heavy atom. The van der Waals surface area contributed by atoms with Crippen LogP contribution in [0.15, 0.2) is 18.5 Å². The molecule has 0 bridgehead atoms. The van der Waals surface area contributed by atoms with Crippen LogP contribution in [-0.2, 0) is 12.7 Å². The van der Waals surface area contributed by atoms with Crippen LogP contribution in [0.2, 0.25) is 0 Å². The summed E-state index contributed by atoms with van der Waals surface area (Å²) in [5.41, 5.74) is 0.772. The molecule has 1 unspecified atom stereocenters. The van der Waals surface area contributed by atoms with Gasteiger partial charge in [-0.1, -0.05) is 6.92 Å². The fraction of sp³-hybridized carbons (Fsp3) is 0.632. The van der Waals surface area contributed by atoms with Crippen LogP contribution in [0, 0.1) is 0 Å². The fourth-order valence-corrected chi connectivity index (χ4v) is 3.96. The van der Waals surface area contributed by atoms with E-state index in [1.54, 1.807) is 11.1 Å². The molecular formula is C19H24F3N5O. The Hall–Kier alpha value is -2.32. The van der Waals surface area contributed by atoms with Crippen LogP contribution in [0.3, 0.4) is 0 Å². The largest absolute Gasteiger partial charge is 0.435 e. The van der Waals surface area contributed by atoms with Crippen molar-refractivity contribution >= 4 is 5.91 Å². The van der Waals surface area contributed by atoms with E-state index in [2.05, 4.69) is 17.1 Å². The third-order valence-electron chi connectivity index (χ3n) is 5.47. The molecule has 152 valence electrons. The SMILES string of the molecule is CCCn1ncc(C(=O)N2CCCC(n3ccc(C(F)(F)F)n3)C2)c1C1CC1. The lowest BCUT2D eigenvalue weighted by Crippen LogP contribution is -2.41. The van der Waals surface area contributed by atoms with Gasteiger partial charge in [-0.3, -0.25) is 14.2 Å². The summed E-state index contributed by atoms with van der Waals surface area (Å²) in [4.78, 5) is 14.9. The number of aromatic nitrogens is 4. The zero-order valence-corrected chi connectivity index (χ0v) is 15.8. The molecule has 0 aromatic carbocycles. The number of nitrogens with zero attached hydrogens (tertiary/aromatic N) is 5. The summed E-state index contributed by atoms with van der Waals surface area (Å²) in [5, 5.41) is 8.11. The number of amides is 1. The molecule has 0 radical (unpaired) electrons. The van der Waals surface area contributed by atoms with E-state index in [4.69, 9.17) is 0 Å². The van der Waals surface area contributed by atoms with Crippen molar-refractivity contribution in [2.45, 2.75) is 63.7 Å². The standard InChI is InChI=1S/C19H24F3N5O/c1-2-8-27-17(13-5-6-13)15(11-23-27)18(28)25-9-3-4-14(12-25)26-10-7-16(24-26)19(20,21)22/h7,10-11,13-14H,2-6,8-9,12H2,1H3. The van der Waals surface area contributed by atoms with Gasteiger partial charge < -0.3 is 4.90 Å². The van der Waals surface area contributed by atoms with E-state index < -0.39 is 11.9 Å². The van der Waals surface area contributed by atoms with E-state index in [1.807, 2.05) is 4.68 Å². The van der Waals surface area contributed by atoms with Crippen LogP contribution in [0.5, 0.6) is 0 Å². The highest BCUT2D eigenvalue weighted by molar-refractivity contribution is 5.95. The first-order valence-corrected chi connectivity index (χ1v) is 9.85. The molecule has 4 rings (SSSR count). The second-order valence-corrected chi connectivity index (χ2v) is 7.67. The first-order chi connectivity index (χ1) is 13.4. The molecule has 2 aromatic rings. The number of halogens is 3. The number of carbonyl (C=O) groups excluding carboxylic acids is 1. The van der Waals surface area contributed by atoms with Crippen LogP contribution in [0.25, 0.3) is 0 Å². The van der Waals surface area contributed by atoms with Gasteiger partial charge >= 0.3 is 6.18 Å². The minimum absolute atomic E-state index is 0.0721. The second kappa shape index (κ2) is 7.25. The molecule has 1 atom stereocenters. The van der Waals surface area contributed by atoms with Crippen molar-refractivity contribution in [3.05, 3.63) is 35.4 Å². The second-order valence-electron chi connectivity index (χ2n) is 7.67. The van der Waals surface area contributed by atoms with Crippen LogP contribution < -0.4 is 0 Å². The highest BCUT2D eigenvalue weighted by atomic mass is 19.4. The molecule has 9 heteroatoms. The maximum Gasteiger partial charge on any atom is 0.435 e. The Balaban J connectivity index is 1.52. The minimum atomic E-state index is -4.46. The van der Waals surface area contributed by atoms with Crippen molar-refractivity contribution in [3.8, 4) is 0 Å². The molecule has 2 fully saturated rings. The zero-order chi connectivity index (χ0) is 19.9. The molecule has 2 aliphatic rings. The number of likely N-dealkylation sites (tertiary alicyclic amines) is 1. The minimum Gasteiger partial charge on any atom is -0.336 e. The monoisotopic (exact) mass is 395 g/mol. The summed E-state index contributed by atoms with van der Waals surface area (Å²) in [6, 6.07) is 0.740. The first kappa shape index (κ1) is 19.0. The number of carbonyl (C=O) groups is 1. The van der Waals surface area contributed by atoms with E-state index in [0.29, 0.717) is 31.0 Å².